The summed E-state index contributed by atoms with van der Waals surface area (Å²) in [6, 6.07) is 27.3. The molecule has 4 aromatic carbocycles. The van der Waals surface area contributed by atoms with Crippen LogP contribution in [0.4, 0.5) is 5.13 Å². The second-order valence-electron chi connectivity index (χ2n) is 10.8. The van der Waals surface area contributed by atoms with Crippen LogP contribution < -0.4 is 9.64 Å². The van der Waals surface area contributed by atoms with E-state index in [1.807, 2.05) is 49.4 Å². The van der Waals surface area contributed by atoms with E-state index >= 15 is 0 Å². The van der Waals surface area contributed by atoms with Gasteiger partial charge in [0.05, 0.1) is 24.3 Å². The largest absolute Gasteiger partial charge is 0.507 e. The van der Waals surface area contributed by atoms with Gasteiger partial charge in [-0.15, -0.1) is 10.2 Å². The molecule has 1 aromatic heterocycles. The number of aliphatic hydroxyl groups is 1. The lowest BCUT2D eigenvalue weighted by Gasteiger charge is -2.22. The van der Waals surface area contributed by atoms with Gasteiger partial charge in [0.1, 0.15) is 18.1 Å². The fourth-order valence-corrected chi connectivity index (χ4v) is 7.36. The number of methoxy groups -OCH3 is 1. The van der Waals surface area contributed by atoms with Crippen LogP contribution in [0.3, 0.4) is 0 Å². The molecule has 2 heterocycles. The number of carbonyl (C=O) groups excluding carboxylic acids is 3. The molecule has 1 aliphatic heterocycles. The Morgan fingerprint density at radius 1 is 0.958 bits per heavy atom. The van der Waals surface area contributed by atoms with Gasteiger partial charge >= 0.3 is 11.9 Å². The molecule has 9 nitrogen and oxygen atoms in total. The Morgan fingerprint density at radius 3 is 2.40 bits per heavy atom. The summed E-state index contributed by atoms with van der Waals surface area (Å²) in [5.41, 5.74) is 4.01. The lowest BCUT2D eigenvalue weighted by Crippen LogP contribution is -2.29. The quantitative estimate of drug-likeness (QED) is 0.0390. The molecule has 0 aliphatic carbocycles. The van der Waals surface area contributed by atoms with Crippen molar-refractivity contribution in [3.63, 3.8) is 0 Å². The molecule has 0 saturated carbocycles. The van der Waals surface area contributed by atoms with Gasteiger partial charge in [0.15, 0.2) is 4.34 Å². The van der Waals surface area contributed by atoms with Crippen LogP contribution in [0, 0.1) is 6.92 Å². The van der Waals surface area contributed by atoms with E-state index in [9.17, 15) is 19.5 Å². The van der Waals surface area contributed by atoms with Crippen LogP contribution in [0.1, 0.15) is 44.2 Å². The zero-order chi connectivity index (χ0) is 33.8. The highest BCUT2D eigenvalue weighted by molar-refractivity contribution is 8.00. The molecule has 1 unspecified atom stereocenters. The van der Waals surface area contributed by atoms with Crippen molar-refractivity contribution in [2.45, 2.75) is 29.7 Å². The van der Waals surface area contributed by atoms with Crippen LogP contribution in [-0.4, -0.2) is 40.1 Å². The first-order valence-electron chi connectivity index (χ1n) is 14.7. The Morgan fingerprint density at radius 2 is 1.69 bits per heavy atom. The Bertz CT molecular complexity index is 2030. The molecule has 0 radical (unpaired) electrons. The minimum Gasteiger partial charge on any atom is -0.507 e. The van der Waals surface area contributed by atoms with Crippen molar-refractivity contribution in [3.8, 4) is 5.75 Å². The Balaban J connectivity index is 1.32. The van der Waals surface area contributed by atoms with Crippen molar-refractivity contribution < 1.29 is 29.0 Å². The molecule has 1 amide bonds. The molecule has 1 aliphatic rings. The number of esters is 1. The number of nitrogens with zero attached hydrogens (tertiary/aromatic N) is 3. The molecular weight excluding hydrogens is 670 g/mol. The average molecular weight is 698 g/mol. The molecule has 48 heavy (non-hydrogen) atoms. The van der Waals surface area contributed by atoms with Gasteiger partial charge in [0, 0.05) is 16.3 Å². The number of aromatic nitrogens is 2. The van der Waals surface area contributed by atoms with Crippen molar-refractivity contribution in [3.05, 3.63) is 141 Å². The summed E-state index contributed by atoms with van der Waals surface area (Å²) < 4.78 is 11.3. The third kappa shape index (κ3) is 6.98. The third-order valence-corrected chi connectivity index (χ3v) is 10.1. The molecule has 1 N–H and O–H groups in total. The summed E-state index contributed by atoms with van der Waals surface area (Å²) in [5, 5.41) is 20.9. The zero-order valence-electron chi connectivity index (χ0n) is 25.8. The number of carbonyl (C=O) groups is 3. The predicted molar refractivity (Wildman–Crippen MR) is 185 cm³/mol. The summed E-state index contributed by atoms with van der Waals surface area (Å²) >= 11 is 8.85. The smallest absolute Gasteiger partial charge is 0.337 e. The summed E-state index contributed by atoms with van der Waals surface area (Å²) in [6.07, 6.45) is 0. The van der Waals surface area contributed by atoms with Crippen LogP contribution in [0.5, 0.6) is 5.75 Å². The minimum absolute atomic E-state index is 0.125. The van der Waals surface area contributed by atoms with Gasteiger partial charge < -0.3 is 14.6 Å². The number of hydrogen-bond donors (Lipinski definition) is 1. The number of halogens is 1. The number of amides is 1. The Kier molecular flexibility index (Phi) is 9.90. The average Bonchev–Trinajstić information content (AvgIpc) is 3.68. The highest BCUT2D eigenvalue weighted by atomic mass is 35.5. The molecule has 0 spiro atoms. The highest BCUT2D eigenvalue weighted by Crippen LogP contribution is 2.44. The number of anilines is 1. The SMILES string of the molecule is COC(=O)c1ccc(C2/C(=C(\O)c3ccc(OCc4cccc(C)c4)cc3)C(=O)C(=O)N2c2nnc(SCc3ccccc3Cl)s2)cc1. The van der Waals surface area contributed by atoms with Gasteiger partial charge in [0.25, 0.3) is 5.78 Å². The third-order valence-electron chi connectivity index (χ3n) is 7.62. The van der Waals surface area contributed by atoms with Crippen LogP contribution in [0.15, 0.2) is 107 Å². The number of ether oxygens (including phenoxy) is 2. The van der Waals surface area contributed by atoms with Crippen LogP contribution in [0.2, 0.25) is 5.02 Å². The van der Waals surface area contributed by atoms with Crippen LogP contribution >= 0.6 is 34.7 Å². The topological polar surface area (TPSA) is 119 Å². The van der Waals surface area contributed by atoms with Crippen molar-refractivity contribution in [1.82, 2.24) is 10.2 Å². The van der Waals surface area contributed by atoms with E-state index in [0.29, 0.717) is 38.6 Å². The van der Waals surface area contributed by atoms with Gasteiger partial charge in [-0.25, -0.2) is 4.79 Å². The number of thioether (sulfide) groups is 1. The number of aryl methyl sites for hydroxylation is 1. The van der Waals surface area contributed by atoms with Gasteiger partial charge in [0.2, 0.25) is 5.13 Å². The molecule has 12 heteroatoms. The van der Waals surface area contributed by atoms with Crippen LogP contribution in [-0.2, 0) is 26.7 Å². The molecule has 1 fully saturated rings. The number of Topliss-reactive ketones (excluding diaryl/α,β-unsaturated/α-hetero) is 1. The predicted octanol–water partition coefficient (Wildman–Crippen LogP) is 7.78. The van der Waals surface area contributed by atoms with Gasteiger partial charge in [-0.1, -0.05) is 94.9 Å². The highest BCUT2D eigenvalue weighted by Gasteiger charge is 2.48. The Labute approximate surface area is 289 Å². The normalized spacial score (nSPS) is 15.5. The lowest BCUT2D eigenvalue weighted by molar-refractivity contribution is -0.132. The second kappa shape index (κ2) is 14.4. The molecule has 1 atom stereocenters. The van der Waals surface area contributed by atoms with Gasteiger partial charge in [-0.05, 0) is 66.1 Å². The van der Waals surface area contributed by atoms with Gasteiger partial charge in [-0.3, -0.25) is 14.5 Å². The fourth-order valence-electron chi connectivity index (χ4n) is 5.21. The van der Waals surface area contributed by atoms with Crippen molar-refractivity contribution in [2.75, 3.05) is 12.0 Å². The van der Waals surface area contributed by atoms with E-state index in [1.165, 1.54) is 35.9 Å². The van der Waals surface area contributed by atoms with E-state index in [1.54, 1.807) is 42.5 Å². The van der Waals surface area contributed by atoms with Crippen LogP contribution in [0.25, 0.3) is 5.76 Å². The maximum absolute atomic E-state index is 13.6. The first-order chi connectivity index (χ1) is 23.2. The first kappa shape index (κ1) is 33.0. The van der Waals surface area contributed by atoms with E-state index in [2.05, 4.69) is 10.2 Å². The summed E-state index contributed by atoms with van der Waals surface area (Å²) in [5.74, 6) is -1.55. The van der Waals surface area contributed by atoms with E-state index in [-0.39, 0.29) is 22.0 Å². The van der Waals surface area contributed by atoms with E-state index < -0.39 is 23.7 Å². The maximum Gasteiger partial charge on any atom is 0.337 e. The molecule has 242 valence electrons. The molecule has 5 aromatic rings. The standard InChI is InChI=1S/C36H28ClN3O6S2/c1-21-6-5-7-22(18-21)19-46-27-16-14-24(15-17-27)31(41)29-30(23-10-12-25(13-11-23)34(44)45-2)40(33(43)32(29)42)35-38-39-36(48-35)47-20-26-8-3-4-9-28(26)37/h3-18,30,41H,19-20H2,1-2H3/b31-29+. The molecular formula is C36H28ClN3O6S2. The number of rotatable bonds is 10. The Hall–Kier alpha value is -4.97. The summed E-state index contributed by atoms with van der Waals surface area (Å²) in [7, 11) is 1.28. The molecule has 6 rings (SSSR count). The monoisotopic (exact) mass is 697 g/mol. The summed E-state index contributed by atoms with van der Waals surface area (Å²) in [4.78, 5) is 40.6. The number of aliphatic hydroxyl groups excluding tert-OH is 1. The van der Waals surface area contributed by atoms with Gasteiger partial charge in [-0.2, -0.15) is 0 Å². The zero-order valence-corrected chi connectivity index (χ0v) is 28.1. The molecule has 0 bridgehead atoms. The molecule has 1 saturated heterocycles. The first-order valence-corrected chi connectivity index (χ1v) is 16.9. The summed E-state index contributed by atoms with van der Waals surface area (Å²) in [6.45, 7) is 2.37. The van der Waals surface area contributed by atoms with E-state index in [0.717, 1.165) is 28.0 Å². The van der Waals surface area contributed by atoms with Crippen molar-refractivity contribution in [2.24, 2.45) is 0 Å². The van der Waals surface area contributed by atoms with E-state index in [4.69, 9.17) is 21.1 Å². The van der Waals surface area contributed by atoms with Crippen molar-refractivity contribution >= 4 is 63.3 Å². The fraction of sp³-hybridized carbons (Fsp3) is 0.139. The number of hydrogen-bond acceptors (Lipinski definition) is 10. The number of benzene rings is 4. The second-order valence-corrected chi connectivity index (χ2v) is 13.4. The maximum atomic E-state index is 13.6. The van der Waals surface area contributed by atoms with Crippen molar-refractivity contribution in [1.29, 1.82) is 0 Å². The lowest BCUT2D eigenvalue weighted by atomic mass is 9.94. The number of ketones is 1. The minimum atomic E-state index is -1.05.